The lowest BCUT2D eigenvalue weighted by Gasteiger charge is -2.29. The molecule has 1 aliphatic rings. The van der Waals surface area contributed by atoms with Crippen molar-refractivity contribution in [1.29, 1.82) is 5.26 Å². The van der Waals surface area contributed by atoms with Crippen molar-refractivity contribution >= 4 is 22.1 Å². The number of rotatable bonds is 3. The Kier molecular flexibility index (Phi) is 3.49. The second-order valence-corrected chi connectivity index (χ2v) is 7.01. The number of pyridine rings is 1. The van der Waals surface area contributed by atoms with E-state index in [1.54, 1.807) is 6.20 Å². The molecule has 0 saturated heterocycles. The maximum absolute atomic E-state index is 8.99. The van der Waals surface area contributed by atoms with Gasteiger partial charge in [-0.1, -0.05) is 0 Å². The standard InChI is InChI=1S/C19H19N7/c20-7-5-12-1-3-13(4-2-12)26-16-14-6-8-21-17(14)24-11-15(16)25-19(26)18-22-9-10-23-18/h6,8-13H,1-5H2,(H,21,24)(H,22,23)/t12-,13+. The quantitative estimate of drug-likeness (QED) is 0.587. The average molecular weight is 345 g/mol. The predicted octanol–water partition coefficient (Wildman–Crippen LogP) is 3.95. The van der Waals surface area contributed by atoms with Gasteiger partial charge in [-0.05, 0) is 37.7 Å². The second kappa shape index (κ2) is 5.99. The van der Waals surface area contributed by atoms with Gasteiger partial charge in [0.05, 0.1) is 17.8 Å². The van der Waals surface area contributed by atoms with Crippen molar-refractivity contribution < 1.29 is 0 Å². The largest absolute Gasteiger partial charge is 0.346 e. The molecule has 0 bridgehead atoms. The Morgan fingerprint density at radius 2 is 2.04 bits per heavy atom. The molecule has 4 aromatic heterocycles. The molecule has 0 spiro atoms. The van der Waals surface area contributed by atoms with Gasteiger partial charge >= 0.3 is 0 Å². The molecule has 7 heteroatoms. The lowest BCUT2D eigenvalue weighted by atomic mass is 9.84. The predicted molar refractivity (Wildman–Crippen MR) is 98.2 cm³/mol. The molecule has 4 aromatic rings. The lowest BCUT2D eigenvalue weighted by Crippen LogP contribution is -2.19. The Labute approximate surface area is 150 Å². The monoisotopic (exact) mass is 345 g/mol. The molecule has 130 valence electrons. The third-order valence-electron chi connectivity index (χ3n) is 5.51. The van der Waals surface area contributed by atoms with E-state index in [0.717, 1.165) is 59.4 Å². The van der Waals surface area contributed by atoms with Crippen LogP contribution in [-0.4, -0.2) is 29.5 Å². The smallest absolute Gasteiger partial charge is 0.177 e. The second-order valence-electron chi connectivity index (χ2n) is 7.01. The summed E-state index contributed by atoms with van der Waals surface area (Å²) in [6.45, 7) is 0. The third-order valence-corrected chi connectivity index (χ3v) is 5.51. The van der Waals surface area contributed by atoms with Gasteiger partial charge in [0.15, 0.2) is 11.6 Å². The molecule has 0 amide bonds. The number of aromatic nitrogens is 6. The van der Waals surface area contributed by atoms with Gasteiger partial charge in [0.1, 0.15) is 11.2 Å². The van der Waals surface area contributed by atoms with Crippen LogP contribution < -0.4 is 0 Å². The van der Waals surface area contributed by atoms with Crippen LogP contribution in [0, 0.1) is 17.2 Å². The van der Waals surface area contributed by atoms with E-state index in [0.29, 0.717) is 18.4 Å². The Balaban J connectivity index is 1.68. The van der Waals surface area contributed by atoms with E-state index in [1.165, 1.54) is 0 Å². The SMILES string of the molecule is N#CC[C@H]1CC[C@@H](n2c(-c3ncc[nH]3)nc3cnc4[nH]ccc4c32)CC1. The summed E-state index contributed by atoms with van der Waals surface area (Å²) in [5, 5.41) is 10.1. The van der Waals surface area contributed by atoms with Crippen molar-refractivity contribution in [3.05, 3.63) is 30.9 Å². The fraction of sp³-hybridized carbons (Fsp3) is 0.368. The molecule has 1 aliphatic carbocycles. The Bertz CT molecular complexity index is 1090. The van der Waals surface area contributed by atoms with Crippen LogP contribution in [0.4, 0.5) is 0 Å². The number of nitrogens with one attached hydrogen (secondary N) is 2. The Hall–Kier alpha value is -3.14. The van der Waals surface area contributed by atoms with Gasteiger partial charge in [0, 0.05) is 36.4 Å². The molecule has 0 radical (unpaired) electrons. The van der Waals surface area contributed by atoms with Crippen molar-refractivity contribution in [2.45, 2.75) is 38.1 Å². The molecule has 4 heterocycles. The number of nitriles is 1. The van der Waals surface area contributed by atoms with Gasteiger partial charge in [0.2, 0.25) is 0 Å². The highest BCUT2D eigenvalue weighted by Crippen LogP contribution is 2.39. The number of imidazole rings is 2. The highest BCUT2D eigenvalue weighted by Gasteiger charge is 2.27. The maximum Gasteiger partial charge on any atom is 0.177 e. The molecule has 1 saturated carbocycles. The van der Waals surface area contributed by atoms with Gasteiger partial charge in [-0.25, -0.2) is 15.0 Å². The highest BCUT2D eigenvalue weighted by molar-refractivity contribution is 6.02. The van der Waals surface area contributed by atoms with Crippen molar-refractivity contribution in [2.24, 2.45) is 5.92 Å². The van der Waals surface area contributed by atoms with Crippen LogP contribution in [0.25, 0.3) is 33.7 Å². The van der Waals surface area contributed by atoms with Gasteiger partial charge in [-0.3, -0.25) is 0 Å². The number of fused-ring (bicyclic) bond motifs is 3. The van der Waals surface area contributed by atoms with E-state index in [2.05, 4.69) is 36.6 Å². The highest BCUT2D eigenvalue weighted by atomic mass is 15.2. The number of aromatic amines is 2. The van der Waals surface area contributed by atoms with Crippen molar-refractivity contribution in [3.8, 4) is 17.7 Å². The minimum atomic E-state index is 0.357. The zero-order chi connectivity index (χ0) is 17.5. The molecule has 0 aromatic carbocycles. The minimum Gasteiger partial charge on any atom is -0.346 e. The average Bonchev–Trinajstić information content (AvgIpc) is 3.40. The molecule has 5 rings (SSSR count). The first-order valence-corrected chi connectivity index (χ1v) is 9.06. The Morgan fingerprint density at radius 1 is 1.15 bits per heavy atom. The normalized spacial score (nSPS) is 20.6. The fourth-order valence-electron chi connectivity index (χ4n) is 4.24. The fourth-order valence-corrected chi connectivity index (χ4v) is 4.24. The van der Waals surface area contributed by atoms with Crippen molar-refractivity contribution in [2.75, 3.05) is 0 Å². The number of H-pyrrole nitrogens is 2. The van der Waals surface area contributed by atoms with Crippen LogP contribution >= 0.6 is 0 Å². The van der Waals surface area contributed by atoms with E-state index < -0.39 is 0 Å². The minimum absolute atomic E-state index is 0.357. The molecule has 1 fully saturated rings. The third kappa shape index (κ3) is 2.30. The van der Waals surface area contributed by atoms with E-state index in [4.69, 9.17) is 10.2 Å². The van der Waals surface area contributed by atoms with E-state index in [1.807, 2.05) is 18.6 Å². The molecule has 26 heavy (non-hydrogen) atoms. The van der Waals surface area contributed by atoms with Crippen LogP contribution in [0.15, 0.2) is 30.9 Å². The van der Waals surface area contributed by atoms with Gasteiger partial charge in [0.25, 0.3) is 0 Å². The zero-order valence-corrected chi connectivity index (χ0v) is 14.3. The summed E-state index contributed by atoms with van der Waals surface area (Å²) in [4.78, 5) is 20.2. The van der Waals surface area contributed by atoms with Crippen LogP contribution in [0.2, 0.25) is 0 Å². The molecular formula is C19H19N7. The summed E-state index contributed by atoms with van der Waals surface area (Å²) in [5.74, 6) is 2.17. The Morgan fingerprint density at radius 3 is 2.81 bits per heavy atom. The van der Waals surface area contributed by atoms with Crippen molar-refractivity contribution in [3.63, 3.8) is 0 Å². The first kappa shape index (κ1) is 15.1. The number of hydrogen-bond donors (Lipinski definition) is 2. The first-order chi connectivity index (χ1) is 12.8. The van der Waals surface area contributed by atoms with Gasteiger partial charge in [-0.15, -0.1) is 0 Å². The first-order valence-electron chi connectivity index (χ1n) is 9.06. The number of nitrogens with zero attached hydrogens (tertiary/aromatic N) is 5. The van der Waals surface area contributed by atoms with E-state index in [-0.39, 0.29) is 0 Å². The van der Waals surface area contributed by atoms with Crippen LogP contribution in [0.3, 0.4) is 0 Å². The summed E-state index contributed by atoms with van der Waals surface area (Å²) >= 11 is 0. The zero-order valence-electron chi connectivity index (χ0n) is 14.3. The summed E-state index contributed by atoms with van der Waals surface area (Å²) in [7, 11) is 0. The van der Waals surface area contributed by atoms with E-state index in [9.17, 15) is 0 Å². The topological polar surface area (TPSA) is 99.0 Å². The summed E-state index contributed by atoms with van der Waals surface area (Å²) < 4.78 is 2.34. The summed E-state index contributed by atoms with van der Waals surface area (Å²) in [5.41, 5.74) is 2.89. The molecule has 0 aliphatic heterocycles. The molecule has 2 N–H and O–H groups in total. The lowest BCUT2D eigenvalue weighted by molar-refractivity contribution is 0.283. The molecular weight excluding hydrogens is 326 g/mol. The molecule has 0 unspecified atom stereocenters. The molecule has 7 nitrogen and oxygen atoms in total. The maximum atomic E-state index is 8.99. The molecule has 0 atom stereocenters. The van der Waals surface area contributed by atoms with Crippen LogP contribution in [-0.2, 0) is 0 Å². The van der Waals surface area contributed by atoms with Gasteiger partial charge < -0.3 is 14.5 Å². The van der Waals surface area contributed by atoms with Gasteiger partial charge in [-0.2, -0.15) is 5.26 Å². The van der Waals surface area contributed by atoms with E-state index >= 15 is 0 Å². The number of hydrogen-bond acceptors (Lipinski definition) is 4. The van der Waals surface area contributed by atoms with Crippen LogP contribution in [0.5, 0.6) is 0 Å². The summed E-state index contributed by atoms with van der Waals surface area (Å²) in [6.07, 6.45) is 12.3. The van der Waals surface area contributed by atoms with Crippen molar-refractivity contribution in [1.82, 2.24) is 29.5 Å². The van der Waals surface area contributed by atoms with Crippen LogP contribution in [0.1, 0.15) is 38.1 Å². The summed E-state index contributed by atoms with van der Waals surface area (Å²) in [6, 6.07) is 4.75.